The van der Waals surface area contributed by atoms with E-state index in [1.165, 1.54) is 18.2 Å². The first-order chi connectivity index (χ1) is 13.4. The summed E-state index contributed by atoms with van der Waals surface area (Å²) in [6.45, 7) is 1.34. The van der Waals surface area contributed by atoms with Crippen LogP contribution in [0.3, 0.4) is 0 Å². The molecule has 1 aliphatic rings. The molecular weight excluding hydrogens is 383 g/mol. The third-order valence-corrected chi connectivity index (χ3v) is 5.98. The molecule has 2 aromatic carbocycles. The highest BCUT2D eigenvalue weighted by Crippen LogP contribution is 2.19. The number of carbonyl (C=O) groups is 1. The van der Waals surface area contributed by atoms with Gasteiger partial charge in [-0.2, -0.15) is 0 Å². The Labute approximate surface area is 164 Å². The number of halogens is 1. The largest absolute Gasteiger partial charge is 0.415 e. The average Bonchev–Trinajstić information content (AvgIpc) is 2.67. The molecule has 1 amide bonds. The number of piperidine rings is 1. The van der Waals surface area contributed by atoms with E-state index in [2.05, 4.69) is 4.72 Å². The molecule has 1 saturated heterocycles. The fraction of sp³-hybridized carbons (Fsp3) is 0.350. The summed E-state index contributed by atoms with van der Waals surface area (Å²) in [5.74, 6) is -0.0715. The molecule has 0 spiro atoms. The van der Waals surface area contributed by atoms with E-state index < -0.39 is 21.9 Å². The molecule has 0 radical (unpaired) electrons. The topological polar surface area (TPSA) is 75.7 Å². The highest BCUT2D eigenvalue weighted by molar-refractivity contribution is 7.88. The zero-order valence-corrected chi connectivity index (χ0v) is 16.2. The maximum Gasteiger partial charge on any atom is 0.415 e. The standard InChI is InChI=1S/C20H23FN2O4S/c21-18-6-4-5-17(13-18)15-28(25,26)22-14-16-9-11-23(12-10-16)20(24)27-19-7-2-1-3-8-19/h1-8,13,16,22H,9-12,14-15H2. The van der Waals surface area contributed by atoms with E-state index in [4.69, 9.17) is 4.74 Å². The fourth-order valence-electron chi connectivity index (χ4n) is 3.12. The first-order valence-corrected chi connectivity index (χ1v) is 10.8. The Hall–Kier alpha value is -2.45. The van der Waals surface area contributed by atoms with Gasteiger partial charge in [0.25, 0.3) is 0 Å². The summed E-state index contributed by atoms with van der Waals surface area (Å²) >= 11 is 0. The molecule has 3 rings (SSSR count). The van der Waals surface area contributed by atoms with Gasteiger partial charge < -0.3 is 9.64 Å². The van der Waals surface area contributed by atoms with Crippen molar-refractivity contribution in [3.63, 3.8) is 0 Å². The average molecular weight is 406 g/mol. The van der Waals surface area contributed by atoms with E-state index in [0.29, 0.717) is 43.8 Å². The molecule has 0 aromatic heterocycles. The van der Waals surface area contributed by atoms with Crippen LogP contribution in [0.15, 0.2) is 54.6 Å². The van der Waals surface area contributed by atoms with E-state index in [-0.39, 0.29) is 11.7 Å². The third kappa shape index (κ3) is 6.03. The molecule has 1 fully saturated rings. The van der Waals surface area contributed by atoms with E-state index in [0.717, 1.165) is 0 Å². The molecule has 150 valence electrons. The molecule has 1 heterocycles. The van der Waals surface area contributed by atoms with Gasteiger partial charge in [0, 0.05) is 19.6 Å². The maximum absolute atomic E-state index is 13.2. The molecule has 1 N–H and O–H groups in total. The van der Waals surface area contributed by atoms with Crippen molar-refractivity contribution in [2.24, 2.45) is 5.92 Å². The number of ether oxygens (including phenoxy) is 1. The van der Waals surface area contributed by atoms with Crippen LogP contribution in [0.25, 0.3) is 0 Å². The first kappa shape index (κ1) is 20.3. The lowest BCUT2D eigenvalue weighted by Crippen LogP contribution is -2.42. The molecule has 0 unspecified atom stereocenters. The molecular formula is C20H23FN2O4S. The second kappa shape index (κ2) is 9.16. The van der Waals surface area contributed by atoms with Gasteiger partial charge in [-0.25, -0.2) is 22.3 Å². The number of carbonyl (C=O) groups excluding carboxylic acids is 1. The number of sulfonamides is 1. The van der Waals surface area contributed by atoms with Crippen molar-refractivity contribution in [3.05, 3.63) is 66.0 Å². The summed E-state index contributed by atoms with van der Waals surface area (Å²) in [5, 5.41) is 0. The van der Waals surface area contributed by atoms with Crippen molar-refractivity contribution in [2.75, 3.05) is 19.6 Å². The van der Waals surface area contributed by atoms with Crippen molar-refractivity contribution in [1.82, 2.24) is 9.62 Å². The number of rotatable bonds is 6. The molecule has 2 aromatic rings. The lowest BCUT2D eigenvalue weighted by Gasteiger charge is -2.31. The predicted molar refractivity (Wildman–Crippen MR) is 104 cm³/mol. The predicted octanol–water partition coefficient (Wildman–Crippen LogP) is 3.16. The fourth-order valence-corrected chi connectivity index (χ4v) is 4.33. The highest BCUT2D eigenvalue weighted by atomic mass is 32.2. The normalized spacial score (nSPS) is 15.4. The molecule has 0 saturated carbocycles. The third-order valence-electron chi connectivity index (χ3n) is 4.66. The van der Waals surface area contributed by atoms with Crippen molar-refractivity contribution >= 4 is 16.1 Å². The number of likely N-dealkylation sites (tertiary alicyclic amines) is 1. The number of amides is 1. The Morgan fingerprint density at radius 2 is 1.82 bits per heavy atom. The summed E-state index contributed by atoms with van der Waals surface area (Å²) in [6.07, 6.45) is 0.981. The molecule has 0 aliphatic carbocycles. The summed E-state index contributed by atoms with van der Waals surface area (Å²) in [5.41, 5.74) is 0.408. The van der Waals surface area contributed by atoms with Crippen LogP contribution in [0.4, 0.5) is 9.18 Å². The van der Waals surface area contributed by atoms with Gasteiger partial charge in [-0.1, -0.05) is 30.3 Å². The van der Waals surface area contributed by atoms with Gasteiger partial charge >= 0.3 is 6.09 Å². The van der Waals surface area contributed by atoms with Gasteiger partial charge in [-0.15, -0.1) is 0 Å². The lowest BCUT2D eigenvalue weighted by atomic mass is 9.97. The summed E-state index contributed by atoms with van der Waals surface area (Å²) < 4.78 is 45.5. The summed E-state index contributed by atoms with van der Waals surface area (Å²) in [7, 11) is -3.54. The Balaban J connectivity index is 1.43. The molecule has 6 nitrogen and oxygen atoms in total. The van der Waals surface area contributed by atoms with E-state index >= 15 is 0 Å². The van der Waals surface area contributed by atoms with Gasteiger partial charge in [0.1, 0.15) is 11.6 Å². The zero-order chi connectivity index (χ0) is 20.0. The van der Waals surface area contributed by atoms with Gasteiger partial charge in [0.2, 0.25) is 10.0 Å². The van der Waals surface area contributed by atoms with E-state index in [1.54, 1.807) is 35.2 Å². The SMILES string of the molecule is O=C(Oc1ccccc1)N1CCC(CNS(=O)(=O)Cc2cccc(F)c2)CC1. The Morgan fingerprint density at radius 3 is 2.50 bits per heavy atom. The van der Waals surface area contributed by atoms with Crippen molar-refractivity contribution in [3.8, 4) is 5.75 Å². The molecule has 28 heavy (non-hydrogen) atoms. The minimum absolute atomic E-state index is 0.142. The number of hydrogen-bond acceptors (Lipinski definition) is 4. The smallest absolute Gasteiger partial charge is 0.410 e. The molecule has 8 heteroatoms. The second-order valence-corrected chi connectivity index (χ2v) is 8.66. The van der Waals surface area contributed by atoms with Crippen LogP contribution >= 0.6 is 0 Å². The number of nitrogens with one attached hydrogen (secondary N) is 1. The Morgan fingerprint density at radius 1 is 1.11 bits per heavy atom. The minimum Gasteiger partial charge on any atom is -0.410 e. The van der Waals surface area contributed by atoms with E-state index in [1.807, 2.05) is 6.07 Å². The summed E-state index contributed by atoms with van der Waals surface area (Å²) in [6, 6.07) is 14.4. The van der Waals surface area contributed by atoms with Crippen LogP contribution in [0, 0.1) is 11.7 Å². The highest BCUT2D eigenvalue weighted by Gasteiger charge is 2.25. The Kier molecular flexibility index (Phi) is 6.64. The minimum atomic E-state index is -3.54. The quantitative estimate of drug-likeness (QED) is 0.800. The van der Waals surface area contributed by atoms with Gasteiger partial charge in [0.15, 0.2) is 0 Å². The van der Waals surface area contributed by atoms with Crippen molar-refractivity contribution in [2.45, 2.75) is 18.6 Å². The van der Waals surface area contributed by atoms with Gasteiger partial charge in [0.05, 0.1) is 5.75 Å². The Bertz CT molecular complexity index is 897. The van der Waals surface area contributed by atoms with Crippen LogP contribution in [0.5, 0.6) is 5.75 Å². The van der Waals surface area contributed by atoms with Crippen molar-refractivity contribution < 1.29 is 22.3 Å². The zero-order valence-electron chi connectivity index (χ0n) is 15.4. The van der Waals surface area contributed by atoms with Crippen molar-refractivity contribution in [1.29, 1.82) is 0 Å². The monoisotopic (exact) mass is 406 g/mol. The number of nitrogens with zero attached hydrogens (tertiary/aromatic N) is 1. The molecule has 0 atom stereocenters. The number of para-hydroxylation sites is 1. The first-order valence-electron chi connectivity index (χ1n) is 9.15. The maximum atomic E-state index is 13.2. The molecule has 0 bridgehead atoms. The number of hydrogen-bond donors (Lipinski definition) is 1. The molecule has 1 aliphatic heterocycles. The van der Waals surface area contributed by atoms with Crippen LogP contribution in [-0.4, -0.2) is 39.0 Å². The lowest BCUT2D eigenvalue weighted by molar-refractivity contribution is 0.131. The van der Waals surface area contributed by atoms with Gasteiger partial charge in [-0.3, -0.25) is 0 Å². The van der Waals surface area contributed by atoms with E-state index in [9.17, 15) is 17.6 Å². The van der Waals surface area contributed by atoms with Crippen LogP contribution in [0.1, 0.15) is 18.4 Å². The van der Waals surface area contributed by atoms with Crippen LogP contribution in [-0.2, 0) is 15.8 Å². The van der Waals surface area contributed by atoms with Gasteiger partial charge in [-0.05, 0) is 48.6 Å². The second-order valence-electron chi connectivity index (χ2n) is 6.85. The van der Waals surface area contributed by atoms with Crippen LogP contribution < -0.4 is 9.46 Å². The number of benzene rings is 2. The van der Waals surface area contributed by atoms with Crippen LogP contribution in [0.2, 0.25) is 0 Å². The summed E-state index contributed by atoms with van der Waals surface area (Å²) in [4.78, 5) is 13.8.